The van der Waals surface area contributed by atoms with Gasteiger partial charge in [0.25, 0.3) is 0 Å². The number of ether oxygens (including phenoxy) is 1. The molecular formula is C9H11NO2S. The molecular weight excluding hydrogens is 186 g/mol. The minimum absolute atomic E-state index is 0.292. The summed E-state index contributed by atoms with van der Waals surface area (Å²) in [7, 11) is 0. The minimum atomic E-state index is -0.292. The van der Waals surface area contributed by atoms with Crippen molar-refractivity contribution in [1.29, 1.82) is 0 Å². The van der Waals surface area contributed by atoms with Crippen LogP contribution in [0.2, 0.25) is 0 Å². The predicted molar refractivity (Wildman–Crippen MR) is 50.0 cm³/mol. The lowest BCUT2D eigenvalue weighted by Gasteiger charge is -1.95. The van der Waals surface area contributed by atoms with Crippen LogP contribution in [0.25, 0.3) is 0 Å². The summed E-state index contributed by atoms with van der Waals surface area (Å²) in [6.45, 7) is 2.21. The van der Waals surface area contributed by atoms with E-state index in [1.807, 2.05) is 5.38 Å². The number of carbonyl (C=O) groups excluding carboxylic acids is 1. The van der Waals surface area contributed by atoms with E-state index in [1.54, 1.807) is 6.92 Å². The molecule has 0 saturated heterocycles. The van der Waals surface area contributed by atoms with Crippen molar-refractivity contribution in [3.05, 3.63) is 16.1 Å². The highest BCUT2D eigenvalue weighted by molar-refractivity contribution is 7.11. The van der Waals surface area contributed by atoms with Crippen molar-refractivity contribution in [2.75, 3.05) is 6.61 Å². The number of carbonyl (C=O) groups is 1. The average molecular weight is 197 g/mol. The molecule has 4 heteroatoms. The van der Waals surface area contributed by atoms with E-state index in [9.17, 15) is 4.79 Å². The first-order valence-electron chi connectivity index (χ1n) is 4.43. The Bertz CT molecular complexity index is 317. The highest BCUT2D eigenvalue weighted by Crippen LogP contribution is 2.40. The van der Waals surface area contributed by atoms with Crippen LogP contribution < -0.4 is 0 Å². The van der Waals surface area contributed by atoms with Crippen LogP contribution in [-0.2, 0) is 4.74 Å². The van der Waals surface area contributed by atoms with Gasteiger partial charge in [-0.1, -0.05) is 0 Å². The predicted octanol–water partition coefficient (Wildman–Crippen LogP) is 2.20. The van der Waals surface area contributed by atoms with Crippen LogP contribution in [0.3, 0.4) is 0 Å². The second kappa shape index (κ2) is 3.46. The summed E-state index contributed by atoms with van der Waals surface area (Å²) in [4.78, 5) is 15.5. The maximum atomic E-state index is 11.2. The molecule has 0 aromatic carbocycles. The van der Waals surface area contributed by atoms with Crippen molar-refractivity contribution in [1.82, 2.24) is 4.98 Å². The molecule has 0 radical (unpaired) electrons. The molecule has 1 saturated carbocycles. The molecule has 1 aromatic heterocycles. The summed E-state index contributed by atoms with van der Waals surface area (Å²) >= 11 is 1.38. The fourth-order valence-corrected chi connectivity index (χ4v) is 1.93. The van der Waals surface area contributed by atoms with Gasteiger partial charge in [-0.3, -0.25) is 0 Å². The molecule has 70 valence electrons. The third-order valence-electron chi connectivity index (χ3n) is 1.97. The number of rotatable bonds is 3. The smallest absolute Gasteiger partial charge is 0.367 e. The van der Waals surface area contributed by atoms with Gasteiger partial charge >= 0.3 is 5.97 Å². The molecule has 2 rings (SSSR count). The van der Waals surface area contributed by atoms with E-state index in [2.05, 4.69) is 4.98 Å². The lowest BCUT2D eigenvalue weighted by molar-refractivity contribution is 0.0525. The molecule has 0 atom stereocenters. The largest absolute Gasteiger partial charge is 0.461 e. The fraction of sp³-hybridized carbons (Fsp3) is 0.556. The molecule has 1 fully saturated rings. The van der Waals surface area contributed by atoms with E-state index >= 15 is 0 Å². The molecule has 0 amide bonds. The third-order valence-corrected chi connectivity index (χ3v) is 2.81. The molecule has 0 aliphatic heterocycles. The highest BCUT2D eigenvalue weighted by atomic mass is 32.1. The van der Waals surface area contributed by atoms with Gasteiger partial charge in [-0.15, -0.1) is 11.3 Å². The summed E-state index contributed by atoms with van der Waals surface area (Å²) in [5.41, 5.74) is 1.06. The van der Waals surface area contributed by atoms with Gasteiger partial charge in [0.05, 0.1) is 12.3 Å². The Morgan fingerprint density at radius 1 is 1.77 bits per heavy atom. The molecule has 1 heterocycles. The monoisotopic (exact) mass is 197 g/mol. The van der Waals surface area contributed by atoms with Crippen molar-refractivity contribution in [2.45, 2.75) is 25.7 Å². The van der Waals surface area contributed by atoms with Gasteiger partial charge in [-0.2, -0.15) is 0 Å². The molecule has 3 nitrogen and oxygen atoms in total. The van der Waals surface area contributed by atoms with Gasteiger partial charge in [0, 0.05) is 11.3 Å². The maximum Gasteiger partial charge on any atom is 0.367 e. The van der Waals surface area contributed by atoms with E-state index in [4.69, 9.17) is 4.74 Å². The summed E-state index contributed by atoms with van der Waals surface area (Å²) in [6, 6.07) is 0. The van der Waals surface area contributed by atoms with Crippen molar-refractivity contribution in [2.24, 2.45) is 0 Å². The molecule has 1 aliphatic carbocycles. The van der Waals surface area contributed by atoms with E-state index in [-0.39, 0.29) is 5.97 Å². The van der Waals surface area contributed by atoms with Crippen molar-refractivity contribution in [3.8, 4) is 0 Å². The molecule has 1 aromatic rings. The number of hydrogen-bond acceptors (Lipinski definition) is 4. The topological polar surface area (TPSA) is 39.2 Å². The van der Waals surface area contributed by atoms with Crippen LogP contribution in [0.15, 0.2) is 5.38 Å². The van der Waals surface area contributed by atoms with Crippen LogP contribution in [0.5, 0.6) is 0 Å². The standard InChI is InChI=1S/C9H11NO2S/c1-2-12-9(11)8-10-7(5-13-8)6-3-4-6/h5-6H,2-4H2,1H3. The molecule has 0 bridgehead atoms. The zero-order valence-corrected chi connectivity index (χ0v) is 8.26. The average Bonchev–Trinajstić information content (AvgIpc) is 2.84. The molecule has 1 aliphatic rings. The Morgan fingerprint density at radius 2 is 2.54 bits per heavy atom. The number of thiazole rings is 1. The molecule has 0 N–H and O–H groups in total. The van der Waals surface area contributed by atoms with Gasteiger partial charge in [0.15, 0.2) is 0 Å². The first-order valence-corrected chi connectivity index (χ1v) is 5.31. The SMILES string of the molecule is CCOC(=O)c1nc(C2CC2)cs1. The second-order valence-corrected chi connectivity index (χ2v) is 3.93. The van der Waals surface area contributed by atoms with E-state index in [1.165, 1.54) is 24.2 Å². The number of esters is 1. The maximum absolute atomic E-state index is 11.2. The van der Waals surface area contributed by atoms with Gasteiger partial charge in [0.2, 0.25) is 5.01 Å². The quantitative estimate of drug-likeness (QED) is 0.697. The molecule has 0 spiro atoms. The Balaban J connectivity index is 2.07. The van der Waals surface area contributed by atoms with Crippen LogP contribution in [0, 0.1) is 0 Å². The normalized spacial score (nSPS) is 15.8. The Morgan fingerprint density at radius 3 is 3.15 bits per heavy atom. The number of hydrogen-bond donors (Lipinski definition) is 0. The lowest BCUT2D eigenvalue weighted by atomic mass is 10.3. The zero-order valence-electron chi connectivity index (χ0n) is 7.45. The van der Waals surface area contributed by atoms with E-state index in [0.717, 1.165) is 5.69 Å². The number of aromatic nitrogens is 1. The van der Waals surface area contributed by atoms with Crippen LogP contribution in [0.4, 0.5) is 0 Å². The van der Waals surface area contributed by atoms with Crippen molar-refractivity contribution < 1.29 is 9.53 Å². The van der Waals surface area contributed by atoms with Crippen molar-refractivity contribution in [3.63, 3.8) is 0 Å². The van der Waals surface area contributed by atoms with Crippen LogP contribution in [-0.4, -0.2) is 17.6 Å². The third kappa shape index (κ3) is 1.88. The first kappa shape index (κ1) is 8.69. The Labute approximate surface area is 80.8 Å². The van der Waals surface area contributed by atoms with E-state index < -0.39 is 0 Å². The van der Waals surface area contributed by atoms with Crippen LogP contribution in [0.1, 0.15) is 41.2 Å². The first-order chi connectivity index (χ1) is 6.31. The molecule has 13 heavy (non-hydrogen) atoms. The van der Waals surface area contributed by atoms with Crippen molar-refractivity contribution >= 4 is 17.3 Å². The van der Waals surface area contributed by atoms with Crippen LogP contribution >= 0.6 is 11.3 Å². The summed E-state index contributed by atoms with van der Waals surface area (Å²) < 4.78 is 4.85. The highest BCUT2D eigenvalue weighted by Gasteiger charge is 2.27. The zero-order chi connectivity index (χ0) is 9.26. The summed E-state index contributed by atoms with van der Waals surface area (Å²) in [6.07, 6.45) is 2.43. The summed E-state index contributed by atoms with van der Waals surface area (Å²) in [5.74, 6) is 0.318. The minimum Gasteiger partial charge on any atom is -0.461 e. The Hall–Kier alpha value is -0.900. The van der Waals surface area contributed by atoms with Gasteiger partial charge in [-0.25, -0.2) is 9.78 Å². The van der Waals surface area contributed by atoms with E-state index in [0.29, 0.717) is 17.5 Å². The fourth-order valence-electron chi connectivity index (χ4n) is 1.14. The Kier molecular flexibility index (Phi) is 2.31. The summed E-state index contributed by atoms with van der Waals surface area (Å²) in [5, 5.41) is 2.45. The van der Waals surface area contributed by atoms with Gasteiger partial charge < -0.3 is 4.74 Å². The molecule has 0 unspecified atom stereocenters. The number of nitrogens with zero attached hydrogens (tertiary/aromatic N) is 1. The van der Waals surface area contributed by atoms with Gasteiger partial charge in [0.1, 0.15) is 0 Å². The second-order valence-electron chi connectivity index (χ2n) is 3.07. The lowest BCUT2D eigenvalue weighted by Crippen LogP contribution is -2.03. The van der Waals surface area contributed by atoms with Gasteiger partial charge in [-0.05, 0) is 19.8 Å².